The van der Waals surface area contributed by atoms with Gasteiger partial charge in [0.1, 0.15) is 5.82 Å². The number of nitrogens with zero attached hydrogens (tertiary/aromatic N) is 2. The maximum Gasteiger partial charge on any atom is 0.339 e. The van der Waals surface area contributed by atoms with Gasteiger partial charge in [-0.15, -0.1) is 0 Å². The number of nitrogen functional groups attached to an aromatic ring is 1. The Hall–Kier alpha value is -3.34. The Balaban J connectivity index is 1.90. The molecule has 4 aromatic rings. The van der Waals surface area contributed by atoms with E-state index in [1.54, 1.807) is 19.2 Å². The van der Waals surface area contributed by atoms with Crippen molar-refractivity contribution in [1.82, 2.24) is 9.38 Å². The van der Waals surface area contributed by atoms with E-state index in [0.717, 1.165) is 22.2 Å². The number of fused-ring (bicyclic) bond motifs is 3. The standard InChI is InChI=1S/C20H17N3O2/c1-2-25-20(24)15-11-18-19(21)22-16-10-14(13-6-4-3-5-7-13)8-9-17(16)23(18)12-15/h3-12H,2H2,1H3,(H2,21,22). The highest BCUT2D eigenvalue weighted by atomic mass is 16.5. The maximum atomic E-state index is 12.0. The second-order valence-corrected chi connectivity index (χ2v) is 5.77. The smallest absolute Gasteiger partial charge is 0.339 e. The molecule has 0 aliphatic carbocycles. The van der Waals surface area contributed by atoms with Crippen molar-refractivity contribution >= 4 is 28.3 Å². The van der Waals surface area contributed by atoms with Crippen LogP contribution in [0.15, 0.2) is 60.8 Å². The molecule has 0 saturated heterocycles. The van der Waals surface area contributed by atoms with Crippen LogP contribution in [0.3, 0.4) is 0 Å². The molecule has 0 bridgehead atoms. The molecule has 0 unspecified atom stereocenters. The predicted molar refractivity (Wildman–Crippen MR) is 98.5 cm³/mol. The first-order chi connectivity index (χ1) is 12.2. The van der Waals surface area contributed by atoms with Crippen molar-refractivity contribution in [3.63, 3.8) is 0 Å². The SMILES string of the molecule is CCOC(=O)c1cc2c(N)nc3cc(-c4ccccc4)ccc3n2c1. The van der Waals surface area contributed by atoms with Crippen LogP contribution in [0.5, 0.6) is 0 Å². The molecule has 0 aliphatic heterocycles. The molecular weight excluding hydrogens is 314 g/mol. The summed E-state index contributed by atoms with van der Waals surface area (Å²) in [5.74, 6) is 0.0212. The Bertz CT molecular complexity index is 1080. The zero-order chi connectivity index (χ0) is 17.4. The molecule has 4 rings (SSSR count). The first-order valence-corrected chi connectivity index (χ1v) is 8.11. The fraction of sp³-hybridized carbons (Fsp3) is 0.100. The van der Waals surface area contributed by atoms with Gasteiger partial charge < -0.3 is 14.9 Å². The minimum Gasteiger partial charge on any atom is -0.462 e. The topological polar surface area (TPSA) is 69.6 Å². The first kappa shape index (κ1) is 15.2. The molecule has 0 saturated carbocycles. The number of anilines is 1. The molecule has 5 nitrogen and oxygen atoms in total. The third kappa shape index (κ3) is 2.59. The highest BCUT2D eigenvalue weighted by Gasteiger charge is 2.14. The monoisotopic (exact) mass is 331 g/mol. The van der Waals surface area contributed by atoms with Gasteiger partial charge in [-0.25, -0.2) is 9.78 Å². The summed E-state index contributed by atoms with van der Waals surface area (Å²) in [5.41, 5.74) is 11.1. The Morgan fingerprint density at radius 1 is 1.08 bits per heavy atom. The number of carbonyl (C=O) groups excluding carboxylic acids is 1. The number of aromatic nitrogens is 2. The van der Waals surface area contributed by atoms with Gasteiger partial charge in [-0.1, -0.05) is 36.4 Å². The molecule has 0 spiro atoms. The number of hydrogen-bond acceptors (Lipinski definition) is 4. The Kier molecular flexibility index (Phi) is 3.61. The van der Waals surface area contributed by atoms with Crippen LogP contribution in [-0.2, 0) is 4.74 Å². The van der Waals surface area contributed by atoms with Gasteiger partial charge in [-0.05, 0) is 36.2 Å². The molecule has 0 radical (unpaired) electrons. The van der Waals surface area contributed by atoms with Gasteiger partial charge in [0, 0.05) is 6.20 Å². The van der Waals surface area contributed by atoms with E-state index >= 15 is 0 Å². The van der Waals surface area contributed by atoms with Gasteiger partial charge in [-0.2, -0.15) is 0 Å². The number of benzene rings is 2. The van der Waals surface area contributed by atoms with E-state index in [-0.39, 0.29) is 5.97 Å². The lowest BCUT2D eigenvalue weighted by Gasteiger charge is -2.07. The summed E-state index contributed by atoms with van der Waals surface area (Å²) in [4.78, 5) is 16.5. The van der Waals surface area contributed by atoms with E-state index in [4.69, 9.17) is 10.5 Å². The Morgan fingerprint density at radius 2 is 1.88 bits per heavy atom. The molecule has 0 fully saturated rings. The van der Waals surface area contributed by atoms with Gasteiger partial charge in [0.25, 0.3) is 0 Å². The maximum absolute atomic E-state index is 12.0. The van der Waals surface area contributed by atoms with E-state index in [2.05, 4.69) is 17.1 Å². The molecule has 0 amide bonds. The van der Waals surface area contributed by atoms with E-state index in [1.807, 2.05) is 40.8 Å². The summed E-state index contributed by atoms with van der Waals surface area (Å²) < 4.78 is 6.96. The molecule has 2 N–H and O–H groups in total. The predicted octanol–water partition coefficient (Wildman–Crippen LogP) is 3.91. The second kappa shape index (κ2) is 5.94. The Morgan fingerprint density at radius 3 is 2.64 bits per heavy atom. The number of rotatable bonds is 3. The molecular formula is C20H17N3O2. The van der Waals surface area contributed by atoms with Gasteiger partial charge >= 0.3 is 5.97 Å². The van der Waals surface area contributed by atoms with Crippen molar-refractivity contribution in [2.75, 3.05) is 12.3 Å². The first-order valence-electron chi connectivity index (χ1n) is 8.11. The van der Waals surface area contributed by atoms with Crippen LogP contribution in [0.2, 0.25) is 0 Å². The van der Waals surface area contributed by atoms with Crippen LogP contribution in [0.25, 0.3) is 27.7 Å². The van der Waals surface area contributed by atoms with Crippen LogP contribution >= 0.6 is 0 Å². The van der Waals surface area contributed by atoms with Gasteiger partial charge in [0.2, 0.25) is 0 Å². The summed E-state index contributed by atoms with van der Waals surface area (Å²) in [5, 5.41) is 0. The van der Waals surface area contributed by atoms with Crippen molar-refractivity contribution < 1.29 is 9.53 Å². The van der Waals surface area contributed by atoms with Crippen molar-refractivity contribution in [3.05, 3.63) is 66.4 Å². The molecule has 2 aromatic heterocycles. The van der Waals surface area contributed by atoms with Crippen LogP contribution in [0, 0.1) is 0 Å². The summed E-state index contributed by atoms with van der Waals surface area (Å²) >= 11 is 0. The summed E-state index contributed by atoms with van der Waals surface area (Å²) in [6, 6.07) is 17.8. The average molecular weight is 331 g/mol. The summed E-state index contributed by atoms with van der Waals surface area (Å²) in [7, 11) is 0. The fourth-order valence-corrected chi connectivity index (χ4v) is 3.00. The number of nitrogens with two attached hydrogens (primary N) is 1. The van der Waals surface area contributed by atoms with Crippen LogP contribution in [-0.4, -0.2) is 22.0 Å². The van der Waals surface area contributed by atoms with E-state index in [9.17, 15) is 4.79 Å². The molecule has 5 heteroatoms. The lowest BCUT2D eigenvalue weighted by Crippen LogP contribution is -2.02. The highest BCUT2D eigenvalue weighted by molar-refractivity contribution is 5.95. The minimum atomic E-state index is -0.361. The zero-order valence-electron chi connectivity index (χ0n) is 13.8. The second-order valence-electron chi connectivity index (χ2n) is 5.77. The van der Waals surface area contributed by atoms with Gasteiger partial charge in [0.15, 0.2) is 0 Å². The number of esters is 1. The molecule has 124 valence electrons. The molecule has 0 aliphatic rings. The summed E-state index contributed by atoms with van der Waals surface area (Å²) in [6.45, 7) is 2.12. The van der Waals surface area contributed by atoms with E-state index in [0.29, 0.717) is 23.5 Å². The third-order valence-electron chi connectivity index (χ3n) is 4.18. The van der Waals surface area contributed by atoms with Crippen molar-refractivity contribution in [2.45, 2.75) is 6.92 Å². The molecule has 25 heavy (non-hydrogen) atoms. The molecule has 0 atom stereocenters. The van der Waals surface area contributed by atoms with Crippen LogP contribution in [0.1, 0.15) is 17.3 Å². The lowest BCUT2D eigenvalue weighted by atomic mass is 10.1. The van der Waals surface area contributed by atoms with Crippen molar-refractivity contribution in [2.24, 2.45) is 0 Å². The number of carbonyl (C=O) groups is 1. The largest absolute Gasteiger partial charge is 0.462 e. The van der Waals surface area contributed by atoms with Crippen molar-refractivity contribution in [3.8, 4) is 11.1 Å². The normalized spacial score (nSPS) is 11.1. The van der Waals surface area contributed by atoms with Gasteiger partial charge in [-0.3, -0.25) is 0 Å². The zero-order valence-corrected chi connectivity index (χ0v) is 13.8. The van der Waals surface area contributed by atoms with E-state index < -0.39 is 0 Å². The third-order valence-corrected chi connectivity index (χ3v) is 4.18. The van der Waals surface area contributed by atoms with Gasteiger partial charge in [0.05, 0.1) is 28.7 Å². The quantitative estimate of drug-likeness (QED) is 0.578. The van der Waals surface area contributed by atoms with E-state index in [1.165, 1.54) is 0 Å². The average Bonchev–Trinajstić information content (AvgIpc) is 3.09. The lowest BCUT2D eigenvalue weighted by molar-refractivity contribution is 0.0526. The summed E-state index contributed by atoms with van der Waals surface area (Å²) in [6.07, 6.45) is 1.75. The number of hydrogen-bond donors (Lipinski definition) is 1. The Labute approximate surface area is 144 Å². The minimum absolute atomic E-state index is 0.333. The number of ether oxygens (including phenoxy) is 1. The molecule has 2 heterocycles. The fourth-order valence-electron chi connectivity index (χ4n) is 3.00. The van der Waals surface area contributed by atoms with Crippen molar-refractivity contribution in [1.29, 1.82) is 0 Å². The highest BCUT2D eigenvalue weighted by Crippen LogP contribution is 2.27. The molecule has 2 aromatic carbocycles. The van der Waals surface area contributed by atoms with Crippen LogP contribution < -0.4 is 5.73 Å². The van der Waals surface area contributed by atoms with Crippen LogP contribution in [0.4, 0.5) is 5.82 Å².